The largest absolute Gasteiger partial charge is 0.487 e. The molecule has 4 rings (SSSR count). The number of halogens is 2. The molecule has 0 N–H and O–H groups in total. The minimum Gasteiger partial charge on any atom is -0.487 e. The normalized spacial score (nSPS) is 19.5. The molecule has 0 saturated carbocycles. The molecule has 2 heterocycles. The second-order valence-corrected chi connectivity index (χ2v) is 8.31. The van der Waals surface area contributed by atoms with Gasteiger partial charge in [-0.2, -0.15) is 0 Å². The maximum atomic E-state index is 13.5. The number of thiophene rings is 1. The number of ether oxygens (including phenoxy) is 2. The SMILES string of the molecule is C[C@@H]1CN(C(=O)c2sc3ccccc3c2OCc2ccc(F)c(F)c2)C[C@H](C)O1. The third-order valence-electron chi connectivity index (χ3n) is 4.82. The molecule has 0 spiro atoms. The molecule has 7 heteroatoms. The number of hydrogen-bond donors (Lipinski definition) is 0. The highest BCUT2D eigenvalue weighted by atomic mass is 32.1. The summed E-state index contributed by atoms with van der Waals surface area (Å²) in [5.74, 6) is -1.45. The monoisotopic (exact) mass is 417 g/mol. The first-order valence-corrected chi connectivity index (χ1v) is 10.3. The van der Waals surface area contributed by atoms with Gasteiger partial charge in [-0.1, -0.05) is 18.2 Å². The summed E-state index contributed by atoms with van der Waals surface area (Å²) in [7, 11) is 0. The molecule has 1 saturated heterocycles. The van der Waals surface area contributed by atoms with Crippen molar-refractivity contribution in [2.45, 2.75) is 32.7 Å². The number of nitrogens with zero attached hydrogens (tertiary/aromatic N) is 1. The van der Waals surface area contributed by atoms with Gasteiger partial charge in [0.2, 0.25) is 0 Å². The number of benzene rings is 2. The third kappa shape index (κ3) is 4.11. The van der Waals surface area contributed by atoms with Gasteiger partial charge in [0.05, 0.1) is 12.2 Å². The molecule has 1 aromatic heterocycles. The Morgan fingerprint density at radius 2 is 1.86 bits per heavy atom. The maximum Gasteiger partial charge on any atom is 0.267 e. The predicted molar refractivity (Wildman–Crippen MR) is 108 cm³/mol. The number of hydrogen-bond acceptors (Lipinski definition) is 4. The molecule has 1 aliphatic rings. The van der Waals surface area contributed by atoms with Crippen molar-refractivity contribution >= 4 is 27.3 Å². The van der Waals surface area contributed by atoms with Gasteiger partial charge in [-0.15, -0.1) is 11.3 Å². The fourth-order valence-corrected chi connectivity index (χ4v) is 4.69. The van der Waals surface area contributed by atoms with Crippen LogP contribution in [0.1, 0.15) is 29.1 Å². The number of morpholine rings is 1. The topological polar surface area (TPSA) is 38.8 Å². The van der Waals surface area contributed by atoms with E-state index in [0.717, 1.165) is 22.2 Å². The average Bonchev–Trinajstić information content (AvgIpc) is 3.06. The minimum atomic E-state index is -0.922. The highest BCUT2D eigenvalue weighted by Crippen LogP contribution is 2.39. The Labute approximate surface area is 171 Å². The van der Waals surface area contributed by atoms with Crippen LogP contribution in [-0.4, -0.2) is 36.1 Å². The van der Waals surface area contributed by atoms with E-state index < -0.39 is 11.6 Å². The van der Waals surface area contributed by atoms with Crippen LogP contribution < -0.4 is 4.74 Å². The standard InChI is InChI=1S/C22H21F2NO3S/c1-13-10-25(11-14(2)28-13)22(26)21-20(16-5-3-4-6-19(16)29-21)27-12-15-7-8-17(23)18(24)9-15/h3-9,13-14H,10-12H2,1-2H3/t13-,14+. The summed E-state index contributed by atoms with van der Waals surface area (Å²) in [5.41, 5.74) is 0.492. The number of carbonyl (C=O) groups is 1. The summed E-state index contributed by atoms with van der Waals surface area (Å²) in [4.78, 5) is 15.6. The van der Waals surface area contributed by atoms with Crippen LogP contribution in [0.25, 0.3) is 10.1 Å². The zero-order valence-corrected chi connectivity index (χ0v) is 17.0. The Bertz CT molecular complexity index is 1040. The molecule has 0 aliphatic carbocycles. The smallest absolute Gasteiger partial charge is 0.267 e. The first kappa shape index (κ1) is 19.8. The van der Waals surface area contributed by atoms with E-state index in [2.05, 4.69) is 0 Å². The van der Waals surface area contributed by atoms with Gasteiger partial charge in [-0.25, -0.2) is 8.78 Å². The zero-order valence-electron chi connectivity index (χ0n) is 16.2. The van der Waals surface area contributed by atoms with Crippen molar-refractivity contribution in [3.8, 4) is 5.75 Å². The molecule has 2 atom stereocenters. The van der Waals surface area contributed by atoms with Gasteiger partial charge in [0.25, 0.3) is 5.91 Å². The number of rotatable bonds is 4. The van der Waals surface area contributed by atoms with E-state index in [1.165, 1.54) is 17.4 Å². The highest BCUT2D eigenvalue weighted by Gasteiger charge is 2.30. The van der Waals surface area contributed by atoms with Crippen LogP contribution in [0, 0.1) is 11.6 Å². The summed E-state index contributed by atoms with van der Waals surface area (Å²) in [6, 6.07) is 11.3. The van der Waals surface area contributed by atoms with Crippen LogP contribution in [0.5, 0.6) is 5.75 Å². The fraction of sp³-hybridized carbons (Fsp3) is 0.318. The number of amides is 1. The molecule has 1 aliphatic heterocycles. The summed E-state index contributed by atoms with van der Waals surface area (Å²) in [6.45, 7) is 4.96. The van der Waals surface area contributed by atoms with Crippen LogP contribution in [0.2, 0.25) is 0 Å². The van der Waals surface area contributed by atoms with E-state index in [9.17, 15) is 13.6 Å². The van der Waals surface area contributed by atoms with Crippen molar-refractivity contribution in [1.82, 2.24) is 4.90 Å². The lowest BCUT2D eigenvalue weighted by Crippen LogP contribution is -2.48. The third-order valence-corrected chi connectivity index (χ3v) is 5.96. The molecule has 152 valence electrons. The second kappa shape index (κ2) is 8.08. The second-order valence-electron chi connectivity index (χ2n) is 7.26. The van der Waals surface area contributed by atoms with Crippen LogP contribution in [0.3, 0.4) is 0 Å². The Kier molecular flexibility index (Phi) is 5.52. The lowest BCUT2D eigenvalue weighted by molar-refractivity contribution is -0.0585. The predicted octanol–water partition coefficient (Wildman–Crippen LogP) is 5.01. The van der Waals surface area contributed by atoms with Gasteiger partial charge < -0.3 is 14.4 Å². The van der Waals surface area contributed by atoms with Crippen molar-refractivity contribution in [2.24, 2.45) is 0 Å². The van der Waals surface area contributed by atoms with Gasteiger partial charge in [0.1, 0.15) is 11.5 Å². The lowest BCUT2D eigenvalue weighted by atomic mass is 10.2. The van der Waals surface area contributed by atoms with Gasteiger partial charge in [0.15, 0.2) is 17.4 Å². The average molecular weight is 417 g/mol. The van der Waals surface area contributed by atoms with Crippen LogP contribution in [0.4, 0.5) is 8.78 Å². The molecule has 2 aromatic carbocycles. The van der Waals surface area contributed by atoms with Crippen molar-refractivity contribution in [3.05, 3.63) is 64.5 Å². The molecule has 0 unspecified atom stereocenters. The van der Waals surface area contributed by atoms with Gasteiger partial charge in [-0.05, 0) is 43.7 Å². The fourth-order valence-electron chi connectivity index (χ4n) is 3.58. The Hall–Kier alpha value is -2.51. The summed E-state index contributed by atoms with van der Waals surface area (Å²) < 4.78 is 39.4. The Morgan fingerprint density at radius 1 is 1.14 bits per heavy atom. The first-order chi connectivity index (χ1) is 13.9. The molecule has 29 heavy (non-hydrogen) atoms. The van der Waals surface area contributed by atoms with Crippen molar-refractivity contribution in [3.63, 3.8) is 0 Å². The van der Waals surface area contributed by atoms with Gasteiger partial charge >= 0.3 is 0 Å². The molecule has 0 radical (unpaired) electrons. The van der Waals surface area contributed by atoms with Crippen molar-refractivity contribution in [2.75, 3.05) is 13.1 Å². The molecule has 3 aromatic rings. The van der Waals surface area contributed by atoms with E-state index >= 15 is 0 Å². The maximum absolute atomic E-state index is 13.5. The summed E-state index contributed by atoms with van der Waals surface area (Å²) in [5, 5.41) is 0.831. The first-order valence-electron chi connectivity index (χ1n) is 9.45. The summed E-state index contributed by atoms with van der Waals surface area (Å²) in [6.07, 6.45) is -0.0766. The van der Waals surface area contributed by atoms with Crippen LogP contribution in [0.15, 0.2) is 42.5 Å². The number of carbonyl (C=O) groups excluding carboxylic acids is 1. The number of fused-ring (bicyclic) bond motifs is 1. The minimum absolute atomic E-state index is 0.0358. The highest BCUT2D eigenvalue weighted by molar-refractivity contribution is 7.21. The van der Waals surface area contributed by atoms with Crippen LogP contribution in [-0.2, 0) is 11.3 Å². The Morgan fingerprint density at radius 3 is 2.59 bits per heavy atom. The van der Waals surface area contributed by atoms with E-state index in [1.807, 2.05) is 38.1 Å². The summed E-state index contributed by atoms with van der Waals surface area (Å²) >= 11 is 1.38. The molecular formula is C22H21F2NO3S. The molecule has 1 fully saturated rings. The van der Waals surface area contributed by atoms with Crippen molar-refractivity contribution in [1.29, 1.82) is 0 Å². The van der Waals surface area contributed by atoms with Crippen LogP contribution >= 0.6 is 11.3 Å². The quantitative estimate of drug-likeness (QED) is 0.599. The van der Waals surface area contributed by atoms with Gasteiger partial charge in [0, 0.05) is 23.2 Å². The lowest BCUT2D eigenvalue weighted by Gasteiger charge is -2.35. The molecular weight excluding hydrogens is 396 g/mol. The Balaban J connectivity index is 1.65. The van der Waals surface area contributed by atoms with Crippen molar-refractivity contribution < 1.29 is 23.0 Å². The molecule has 0 bridgehead atoms. The van der Waals surface area contributed by atoms with E-state index in [0.29, 0.717) is 29.3 Å². The van der Waals surface area contributed by atoms with Gasteiger partial charge in [-0.3, -0.25) is 4.79 Å². The van der Waals surface area contributed by atoms with E-state index in [1.54, 1.807) is 4.90 Å². The van der Waals surface area contributed by atoms with E-state index in [4.69, 9.17) is 9.47 Å². The zero-order chi connectivity index (χ0) is 20.5. The van der Waals surface area contributed by atoms with E-state index in [-0.39, 0.29) is 24.7 Å². The molecule has 1 amide bonds. The molecule has 4 nitrogen and oxygen atoms in total.